The Morgan fingerprint density at radius 3 is 2.48 bits per heavy atom. The van der Waals surface area contributed by atoms with Crippen molar-refractivity contribution < 1.29 is 17.9 Å². The third-order valence-electron chi connectivity index (χ3n) is 4.91. The quantitative estimate of drug-likeness (QED) is 0.579. The van der Waals surface area contributed by atoms with Gasteiger partial charge in [-0.25, -0.2) is 13.4 Å². The van der Waals surface area contributed by atoms with E-state index in [-0.39, 0.29) is 5.91 Å². The number of amides is 1. The first kappa shape index (κ1) is 22.4. The number of ether oxygens (including phenoxy) is 1. The smallest absolute Gasteiger partial charge is 0.261 e. The van der Waals surface area contributed by atoms with Crippen molar-refractivity contribution in [2.45, 2.75) is 26.5 Å². The van der Waals surface area contributed by atoms with E-state index in [9.17, 15) is 13.2 Å². The van der Waals surface area contributed by atoms with Crippen LogP contribution in [0.5, 0.6) is 5.75 Å². The molecular weight excluding hydrogens is 416 g/mol. The van der Waals surface area contributed by atoms with Crippen LogP contribution in [0.25, 0.3) is 5.69 Å². The van der Waals surface area contributed by atoms with Gasteiger partial charge in [-0.2, -0.15) is 0 Å². The topological polar surface area (TPSA) is 93.5 Å². The van der Waals surface area contributed by atoms with Gasteiger partial charge in [0.15, 0.2) is 6.10 Å². The Morgan fingerprint density at radius 1 is 1.19 bits per heavy atom. The van der Waals surface area contributed by atoms with Crippen LogP contribution in [0.1, 0.15) is 18.3 Å². The third kappa shape index (κ3) is 5.43. The molecule has 0 saturated carbocycles. The van der Waals surface area contributed by atoms with Crippen LogP contribution in [0.4, 0.5) is 5.69 Å². The number of imidazole rings is 1. The van der Waals surface area contributed by atoms with E-state index in [4.69, 9.17) is 4.74 Å². The van der Waals surface area contributed by atoms with Gasteiger partial charge in [0.05, 0.1) is 17.6 Å². The molecule has 0 aliphatic heterocycles. The van der Waals surface area contributed by atoms with Gasteiger partial charge in [-0.15, -0.1) is 0 Å². The van der Waals surface area contributed by atoms with E-state index in [2.05, 4.69) is 10.3 Å². The largest absolute Gasteiger partial charge is 0.481 e. The third-order valence-corrected chi connectivity index (χ3v) is 6.12. The molecule has 164 valence electrons. The highest BCUT2D eigenvalue weighted by Gasteiger charge is 2.16. The molecule has 1 N–H and O–H groups in total. The first-order valence-electron chi connectivity index (χ1n) is 9.73. The molecule has 0 saturated heterocycles. The summed E-state index contributed by atoms with van der Waals surface area (Å²) in [7, 11) is -1.86. The van der Waals surface area contributed by atoms with E-state index in [1.165, 1.54) is 11.4 Å². The Labute approximate surface area is 182 Å². The van der Waals surface area contributed by atoms with Gasteiger partial charge >= 0.3 is 0 Å². The van der Waals surface area contributed by atoms with E-state index in [0.717, 1.165) is 23.3 Å². The zero-order valence-electron chi connectivity index (χ0n) is 17.9. The van der Waals surface area contributed by atoms with Crippen molar-refractivity contribution >= 4 is 21.6 Å². The maximum atomic E-state index is 12.5. The summed E-state index contributed by atoms with van der Waals surface area (Å²) in [6.07, 6.45) is 4.03. The van der Waals surface area contributed by atoms with E-state index in [0.29, 0.717) is 18.0 Å². The molecule has 0 aliphatic rings. The Kier molecular flexibility index (Phi) is 6.65. The highest BCUT2D eigenvalue weighted by Crippen LogP contribution is 2.21. The number of anilines is 1. The summed E-state index contributed by atoms with van der Waals surface area (Å²) in [4.78, 5) is 16.8. The predicted octanol–water partition coefficient (Wildman–Crippen LogP) is 2.66. The molecule has 3 aromatic rings. The summed E-state index contributed by atoms with van der Waals surface area (Å²) < 4.78 is 32.1. The fourth-order valence-corrected chi connectivity index (χ4v) is 3.54. The molecule has 3 rings (SSSR count). The van der Waals surface area contributed by atoms with E-state index in [1.807, 2.05) is 42.0 Å². The lowest BCUT2D eigenvalue weighted by Crippen LogP contribution is -2.36. The maximum Gasteiger partial charge on any atom is 0.261 e. The highest BCUT2D eigenvalue weighted by molar-refractivity contribution is 7.92. The van der Waals surface area contributed by atoms with Crippen molar-refractivity contribution in [2.24, 2.45) is 0 Å². The fraction of sp³-hybridized carbons (Fsp3) is 0.273. The highest BCUT2D eigenvalue weighted by atomic mass is 32.2. The van der Waals surface area contributed by atoms with Crippen molar-refractivity contribution in [3.05, 3.63) is 72.3 Å². The molecule has 31 heavy (non-hydrogen) atoms. The number of para-hydroxylation sites is 1. The zero-order valence-corrected chi connectivity index (χ0v) is 18.8. The first-order valence-corrected chi connectivity index (χ1v) is 11.6. The van der Waals surface area contributed by atoms with Gasteiger partial charge in [0, 0.05) is 26.0 Å². The number of sulfonamides is 1. The van der Waals surface area contributed by atoms with Gasteiger partial charge in [0.2, 0.25) is 10.0 Å². The lowest BCUT2D eigenvalue weighted by molar-refractivity contribution is -0.127. The molecule has 8 nitrogen and oxygen atoms in total. The molecule has 1 heterocycles. The van der Waals surface area contributed by atoms with Gasteiger partial charge in [0.1, 0.15) is 11.6 Å². The van der Waals surface area contributed by atoms with Crippen LogP contribution in [-0.2, 0) is 21.4 Å². The minimum atomic E-state index is -3.34. The van der Waals surface area contributed by atoms with Crippen LogP contribution >= 0.6 is 0 Å². The molecule has 0 bridgehead atoms. The molecule has 0 fully saturated rings. The van der Waals surface area contributed by atoms with Gasteiger partial charge in [-0.1, -0.05) is 18.2 Å². The number of hydrogen-bond donors (Lipinski definition) is 1. The Morgan fingerprint density at radius 2 is 1.87 bits per heavy atom. The van der Waals surface area contributed by atoms with Gasteiger partial charge in [-0.05, 0) is 49.7 Å². The molecule has 9 heteroatoms. The number of nitrogens with one attached hydrogen (secondary N) is 1. The molecule has 0 spiro atoms. The van der Waals surface area contributed by atoms with E-state index in [1.54, 1.807) is 37.4 Å². The van der Waals surface area contributed by atoms with Crippen molar-refractivity contribution in [1.29, 1.82) is 0 Å². The molecule has 2 aromatic carbocycles. The molecule has 1 aromatic heterocycles. The monoisotopic (exact) mass is 442 g/mol. The van der Waals surface area contributed by atoms with Crippen molar-refractivity contribution in [3.8, 4) is 11.4 Å². The maximum absolute atomic E-state index is 12.5. The van der Waals surface area contributed by atoms with Crippen LogP contribution in [-0.4, -0.2) is 43.3 Å². The average molecular weight is 443 g/mol. The predicted molar refractivity (Wildman–Crippen MR) is 120 cm³/mol. The van der Waals surface area contributed by atoms with E-state index >= 15 is 0 Å². The second kappa shape index (κ2) is 9.22. The second-order valence-electron chi connectivity index (χ2n) is 7.18. The fourth-order valence-electron chi connectivity index (χ4n) is 3.04. The number of rotatable bonds is 8. The average Bonchev–Trinajstić information content (AvgIpc) is 3.17. The summed E-state index contributed by atoms with van der Waals surface area (Å²) in [5.74, 6) is 1.08. The lowest BCUT2D eigenvalue weighted by Gasteiger charge is -2.18. The van der Waals surface area contributed by atoms with Crippen molar-refractivity contribution in [3.63, 3.8) is 0 Å². The minimum Gasteiger partial charge on any atom is -0.481 e. The van der Waals surface area contributed by atoms with Crippen LogP contribution in [0.2, 0.25) is 0 Å². The number of carbonyl (C=O) groups is 1. The number of aromatic nitrogens is 2. The summed E-state index contributed by atoms with van der Waals surface area (Å²) in [6, 6.07) is 14.3. The van der Waals surface area contributed by atoms with Crippen LogP contribution in [0.15, 0.2) is 60.9 Å². The number of benzene rings is 2. The summed E-state index contributed by atoms with van der Waals surface area (Å²) in [6.45, 7) is 3.93. The van der Waals surface area contributed by atoms with Crippen LogP contribution < -0.4 is 14.4 Å². The molecule has 1 atom stereocenters. The van der Waals surface area contributed by atoms with Gasteiger partial charge < -0.3 is 14.6 Å². The Balaban J connectivity index is 1.62. The second-order valence-corrected chi connectivity index (χ2v) is 9.19. The standard InChI is InChI=1S/C22H26N4O4S/c1-16(30-20-11-9-19(10-12-20)25(3)31(4,28)29)22(27)24-15-18-7-5-6-8-21(18)26-14-13-23-17(26)2/h5-14,16H,15H2,1-4H3,(H,24,27)/t16-/m1/s1. The van der Waals surface area contributed by atoms with Crippen molar-refractivity contribution in [2.75, 3.05) is 17.6 Å². The van der Waals surface area contributed by atoms with Crippen molar-refractivity contribution in [1.82, 2.24) is 14.9 Å². The number of nitrogens with zero attached hydrogens (tertiary/aromatic N) is 3. The summed E-state index contributed by atoms with van der Waals surface area (Å²) in [5.41, 5.74) is 2.42. The summed E-state index contributed by atoms with van der Waals surface area (Å²) >= 11 is 0. The normalized spacial score (nSPS) is 12.3. The molecule has 0 radical (unpaired) electrons. The minimum absolute atomic E-state index is 0.255. The van der Waals surface area contributed by atoms with E-state index < -0.39 is 16.1 Å². The zero-order chi connectivity index (χ0) is 22.6. The molecule has 0 aliphatic carbocycles. The number of aryl methyl sites for hydroxylation is 1. The SMILES string of the molecule is Cc1nccn1-c1ccccc1CNC(=O)[C@@H](C)Oc1ccc(N(C)S(C)(=O)=O)cc1. The Bertz CT molecular complexity index is 1160. The summed E-state index contributed by atoms with van der Waals surface area (Å²) in [5, 5.41) is 2.91. The lowest BCUT2D eigenvalue weighted by atomic mass is 10.1. The Hall–Kier alpha value is -3.33. The first-order chi connectivity index (χ1) is 14.7. The van der Waals surface area contributed by atoms with Crippen LogP contribution in [0, 0.1) is 6.92 Å². The van der Waals surface area contributed by atoms with Crippen LogP contribution in [0.3, 0.4) is 0 Å². The molecule has 1 amide bonds. The molecule has 0 unspecified atom stereocenters. The number of hydrogen-bond acceptors (Lipinski definition) is 5. The number of carbonyl (C=O) groups excluding carboxylic acids is 1. The van der Waals surface area contributed by atoms with Gasteiger partial charge in [-0.3, -0.25) is 9.10 Å². The molecular formula is C22H26N4O4S. The van der Waals surface area contributed by atoms with Gasteiger partial charge in [0.25, 0.3) is 5.91 Å².